The first kappa shape index (κ1) is 13.2. The maximum Gasteiger partial charge on any atom is 0.324 e. The molecule has 1 unspecified atom stereocenters. The highest BCUT2D eigenvalue weighted by Crippen LogP contribution is 2.30. The molecule has 0 N–H and O–H groups in total. The number of nitrogens with zero attached hydrogens (tertiary/aromatic N) is 2. The fraction of sp³-hybridized carbons (Fsp3) is 0.500. The van der Waals surface area contributed by atoms with Crippen molar-refractivity contribution in [3.63, 3.8) is 0 Å². The predicted molar refractivity (Wildman–Crippen MR) is 77.6 cm³/mol. The Morgan fingerprint density at radius 2 is 2.05 bits per heavy atom. The van der Waals surface area contributed by atoms with Crippen molar-refractivity contribution < 1.29 is 9.59 Å². The van der Waals surface area contributed by atoms with Crippen LogP contribution in [0.15, 0.2) is 24.3 Å². The van der Waals surface area contributed by atoms with Crippen LogP contribution in [0.2, 0.25) is 0 Å². The van der Waals surface area contributed by atoms with Crippen LogP contribution in [0, 0.1) is 5.92 Å². The lowest BCUT2D eigenvalue weighted by Crippen LogP contribution is -2.46. The van der Waals surface area contributed by atoms with E-state index in [1.165, 1.54) is 5.56 Å². The molecule has 2 amide bonds. The minimum absolute atomic E-state index is 0.0362. The highest BCUT2D eigenvalue weighted by atomic mass is 16.2. The first-order chi connectivity index (χ1) is 9.66. The fourth-order valence-corrected chi connectivity index (χ4v) is 3.23. The van der Waals surface area contributed by atoms with Crippen LogP contribution in [0.3, 0.4) is 0 Å². The summed E-state index contributed by atoms with van der Waals surface area (Å²) >= 11 is 0. The average Bonchev–Trinajstić information content (AvgIpc) is 2.85. The Bertz CT molecular complexity index is 541. The Labute approximate surface area is 119 Å². The van der Waals surface area contributed by atoms with Crippen molar-refractivity contribution in [1.29, 1.82) is 0 Å². The molecule has 1 saturated carbocycles. The number of ketones is 1. The van der Waals surface area contributed by atoms with Crippen LogP contribution >= 0.6 is 0 Å². The highest BCUT2D eigenvalue weighted by molar-refractivity contribution is 5.94. The van der Waals surface area contributed by atoms with E-state index in [9.17, 15) is 9.59 Å². The zero-order valence-electron chi connectivity index (χ0n) is 11.8. The van der Waals surface area contributed by atoms with E-state index in [0.29, 0.717) is 18.9 Å². The smallest absolute Gasteiger partial charge is 0.323 e. The van der Waals surface area contributed by atoms with Gasteiger partial charge >= 0.3 is 6.03 Å². The summed E-state index contributed by atoms with van der Waals surface area (Å²) in [5.41, 5.74) is 2.17. The Balaban J connectivity index is 1.77. The number of benzene rings is 1. The van der Waals surface area contributed by atoms with Gasteiger partial charge in [0.1, 0.15) is 5.78 Å². The second kappa shape index (κ2) is 5.27. The van der Waals surface area contributed by atoms with Gasteiger partial charge in [0, 0.05) is 32.5 Å². The zero-order valence-corrected chi connectivity index (χ0v) is 11.8. The number of amides is 2. The van der Waals surface area contributed by atoms with Crippen LogP contribution in [0.4, 0.5) is 10.5 Å². The third-order valence-electron chi connectivity index (χ3n) is 4.38. The summed E-state index contributed by atoms with van der Waals surface area (Å²) in [5, 5.41) is 0. The summed E-state index contributed by atoms with van der Waals surface area (Å²) in [7, 11) is 1.83. The van der Waals surface area contributed by atoms with Crippen LogP contribution in [-0.2, 0) is 11.3 Å². The van der Waals surface area contributed by atoms with Crippen molar-refractivity contribution in [2.45, 2.75) is 32.2 Å². The molecule has 106 valence electrons. The van der Waals surface area contributed by atoms with E-state index in [1.807, 2.05) is 30.1 Å². The number of Topliss-reactive ketones (excluding diaryl/α,β-unsaturated/α-hetero) is 1. The second-order valence-corrected chi connectivity index (χ2v) is 5.76. The third-order valence-corrected chi connectivity index (χ3v) is 4.38. The van der Waals surface area contributed by atoms with E-state index in [1.54, 1.807) is 4.90 Å². The van der Waals surface area contributed by atoms with Crippen molar-refractivity contribution in [2.75, 3.05) is 18.5 Å². The molecule has 4 nitrogen and oxygen atoms in total. The van der Waals surface area contributed by atoms with Crippen molar-refractivity contribution >= 4 is 17.5 Å². The molecule has 0 aromatic heterocycles. The molecule has 1 aromatic carbocycles. The SMILES string of the molecule is CN1Cc2ccccc2N(CCC2CCCC2=O)C1=O. The van der Waals surface area contributed by atoms with Crippen LogP contribution in [0.1, 0.15) is 31.2 Å². The molecule has 4 heteroatoms. The predicted octanol–water partition coefficient (Wildman–Crippen LogP) is 2.82. The Morgan fingerprint density at radius 1 is 1.25 bits per heavy atom. The summed E-state index contributed by atoms with van der Waals surface area (Å²) in [6.45, 7) is 1.30. The molecule has 1 atom stereocenters. The lowest BCUT2D eigenvalue weighted by molar-refractivity contribution is -0.120. The van der Waals surface area contributed by atoms with E-state index in [4.69, 9.17) is 0 Å². The molecule has 1 aromatic rings. The largest absolute Gasteiger partial charge is 0.324 e. The van der Waals surface area contributed by atoms with E-state index in [2.05, 4.69) is 6.07 Å². The summed E-state index contributed by atoms with van der Waals surface area (Å²) < 4.78 is 0. The van der Waals surface area contributed by atoms with Crippen molar-refractivity contribution in [3.8, 4) is 0 Å². The number of hydrogen-bond donors (Lipinski definition) is 0. The number of hydrogen-bond acceptors (Lipinski definition) is 2. The summed E-state index contributed by atoms with van der Waals surface area (Å²) in [5.74, 6) is 0.526. The molecule has 1 aliphatic carbocycles. The van der Waals surface area contributed by atoms with Gasteiger partial charge in [-0.15, -0.1) is 0 Å². The van der Waals surface area contributed by atoms with Gasteiger partial charge in [-0.25, -0.2) is 4.79 Å². The van der Waals surface area contributed by atoms with Crippen LogP contribution < -0.4 is 4.90 Å². The molecule has 1 fully saturated rings. The van der Waals surface area contributed by atoms with E-state index < -0.39 is 0 Å². The number of anilines is 1. The maximum atomic E-state index is 12.3. The van der Waals surface area contributed by atoms with Gasteiger partial charge < -0.3 is 4.90 Å². The van der Waals surface area contributed by atoms with Crippen molar-refractivity contribution in [3.05, 3.63) is 29.8 Å². The zero-order chi connectivity index (χ0) is 14.1. The van der Waals surface area contributed by atoms with Gasteiger partial charge in [0.25, 0.3) is 0 Å². The number of para-hydroxylation sites is 1. The van der Waals surface area contributed by atoms with Gasteiger partial charge in [0.15, 0.2) is 0 Å². The number of urea groups is 1. The van der Waals surface area contributed by atoms with Gasteiger partial charge in [0.05, 0.1) is 5.69 Å². The van der Waals surface area contributed by atoms with Crippen molar-refractivity contribution in [2.24, 2.45) is 5.92 Å². The van der Waals surface area contributed by atoms with E-state index in [-0.39, 0.29) is 11.9 Å². The Hall–Kier alpha value is -1.84. The van der Waals surface area contributed by atoms with Gasteiger partial charge in [-0.2, -0.15) is 0 Å². The monoisotopic (exact) mass is 272 g/mol. The lowest BCUT2D eigenvalue weighted by Gasteiger charge is -2.35. The minimum atomic E-state index is 0.0362. The molecule has 1 heterocycles. The number of fused-ring (bicyclic) bond motifs is 1. The topological polar surface area (TPSA) is 40.6 Å². The average molecular weight is 272 g/mol. The molecule has 20 heavy (non-hydrogen) atoms. The maximum absolute atomic E-state index is 12.3. The first-order valence-corrected chi connectivity index (χ1v) is 7.30. The molecule has 0 radical (unpaired) electrons. The molecule has 0 saturated heterocycles. The quantitative estimate of drug-likeness (QED) is 0.849. The van der Waals surface area contributed by atoms with Gasteiger partial charge in [-0.3, -0.25) is 9.69 Å². The minimum Gasteiger partial charge on any atom is -0.323 e. The van der Waals surface area contributed by atoms with E-state index in [0.717, 1.165) is 31.4 Å². The number of carbonyl (C=O) groups is 2. The lowest BCUT2D eigenvalue weighted by atomic mass is 10.0. The standard InChI is InChI=1S/C16H20N2O2/c1-17-11-13-5-2-3-7-14(13)18(16(17)20)10-9-12-6-4-8-15(12)19/h2-3,5,7,12H,4,6,8-11H2,1H3. The highest BCUT2D eigenvalue weighted by Gasteiger charge is 2.30. The number of carbonyl (C=O) groups excluding carboxylic acids is 2. The van der Waals surface area contributed by atoms with E-state index >= 15 is 0 Å². The van der Waals surface area contributed by atoms with Gasteiger partial charge in [-0.05, 0) is 30.9 Å². The molecular weight excluding hydrogens is 252 g/mol. The summed E-state index contributed by atoms with van der Waals surface area (Å²) in [4.78, 5) is 27.6. The second-order valence-electron chi connectivity index (χ2n) is 5.76. The molecule has 3 rings (SSSR count). The molecule has 2 aliphatic rings. The Kier molecular flexibility index (Phi) is 3.47. The van der Waals surface area contributed by atoms with Crippen LogP contribution in [0.5, 0.6) is 0 Å². The molecular formula is C16H20N2O2. The van der Waals surface area contributed by atoms with Crippen LogP contribution in [-0.4, -0.2) is 30.3 Å². The van der Waals surface area contributed by atoms with Crippen molar-refractivity contribution in [1.82, 2.24) is 4.90 Å². The van der Waals surface area contributed by atoms with Crippen LogP contribution in [0.25, 0.3) is 0 Å². The van der Waals surface area contributed by atoms with Gasteiger partial charge in [-0.1, -0.05) is 18.2 Å². The molecule has 1 aliphatic heterocycles. The first-order valence-electron chi connectivity index (χ1n) is 7.30. The van der Waals surface area contributed by atoms with Gasteiger partial charge in [0.2, 0.25) is 0 Å². The summed E-state index contributed by atoms with van der Waals surface area (Å²) in [6, 6.07) is 8.06. The Morgan fingerprint density at radius 3 is 2.80 bits per heavy atom. The molecule has 0 bridgehead atoms. The fourth-order valence-electron chi connectivity index (χ4n) is 3.23. The normalized spacial score (nSPS) is 22.4. The third kappa shape index (κ3) is 2.30. The number of rotatable bonds is 3. The summed E-state index contributed by atoms with van der Waals surface area (Å²) in [6.07, 6.45) is 3.49. The molecule has 0 spiro atoms.